The summed E-state index contributed by atoms with van der Waals surface area (Å²) in [4.78, 5) is 31.6. The summed E-state index contributed by atoms with van der Waals surface area (Å²) >= 11 is 0. The molecule has 0 aliphatic carbocycles. The van der Waals surface area contributed by atoms with Gasteiger partial charge in [0.1, 0.15) is 6.26 Å². The molecule has 12 heteroatoms. The lowest BCUT2D eigenvalue weighted by Gasteiger charge is -2.33. The number of pyridine rings is 2. The van der Waals surface area contributed by atoms with Crippen LogP contribution < -0.4 is 20.4 Å². The zero-order chi connectivity index (χ0) is 25.4. The fraction of sp³-hybridized carbons (Fsp3) is 0.440. The predicted molar refractivity (Wildman–Crippen MR) is 135 cm³/mol. The summed E-state index contributed by atoms with van der Waals surface area (Å²) in [6.07, 6.45) is 5.56. The number of aryl methyl sites for hydroxylation is 1. The molecule has 1 atom stereocenters. The van der Waals surface area contributed by atoms with Crippen LogP contribution in [-0.2, 0) is 20.0 Å². The molecule has 1 amide bonds. The maximum absolute atomic E-state index is 13.8. The lowest BCUT2D eigenvalue weighted by molar-refractivity contribution is -0.136. The molecule has 0 bridgehead atoms. The molecule has 0 spiro atoms. The molecule has 1 unspecified atom stereocenters. The Morgan fingerprint density at radius 3 is 2.70 bits per heavy atom. The molecular formula is C25H29N7O5. The fourth-order valence-corrected chi connectivity index (χ4v) is 4.84. The van der Waals surface area contributed by atoms with E-state index in [4.69, 9.17) is 18.9 Å². The minimum atomic E-state index is -1.46. The van der Waals surface area contributed by atoms with Gasteiger partial charge in [-0.2, -0.15) is 4.98 Å². The number of carbonyl (C=O) groups is 1. The zero-order valence-corrected chi connectivity index (χ0v) is 20.5. The summed E-state index contributed by atoms with van der Waals surface area (Å²) in [6.45, 7) is 5.62. The van der Waals surface area contributed by atoms with E-state index in [1.807, 2.05) is 11.8 Å². The number of aliphatic hydroxyl groups excluding tert-OH is 1. The molecule has 194 valence electrons. The molecule has 6 heterocycles. The second kappa shape index (κ2) is 9.52. The van der Waals surface area contributed by atoms with Crippen LogP contribution in [0.3, 0.4) is 0 Å². The van der Waals surface area contributed by atoms with Gasteiger partial charge >= 0.3 is 0 Å². The highest BCUT2D eigenvalue weighted by atomic mass is 16.5. The number of ether oxygens (including phenoxy) is 2. The van der Waals surface area contributed by atoms with Crippen molar-refractivity contribution in [1.82, 2.24) is 20.3 Å². The number of rotatable bonds is 5. The van der Waals surface area contributed by atoms with Crippen molar-refractivity contribution in [2.24, 2.45) is 0 Å². The van der Waals surface area contributed by atoms with Crippen LogP contribution in [0.2, 0.25) is 0 Å². The van der Waals surface area contributed by atoms with Crippen molar-refractivity contribution in [1.29, 1.82) is 0 Å². The Bertz CT molecular complexity index is 1320. The highest BCUT2D eigenvalue weighted by molar-refractivity contribution is 6.01. The van der Waals surface area contributed by atoms with Crippen molar-refractivity contribution in [2.45, 2.75) is 31.6 Å². The third-order valence-electron chi connectivity index (χ3n) is 6.87. The topological polar surface area (TPSA) is 138 Å². The first-order chi connectivity index (χ1) is 18.0. The van der Waals surface area contributed by atoms with E-state index in [9.17, 15) is 9.90 Å². The molecule has 3 aliphatic rings. The van der Waals surface area contributed by atoms with Gasteiger partial charge in [0.2, 0.25) is 5.65 Å². The largest absolute Gasteiger partial charge is 0.461 e. The van der Waals surface area contributed by atoms with Gasteiger partial charge < -0.3 is 39.4 Å². The quantitative estimate of drug-likeness (QED) is 0.464. The van der Waals surface area contributed by atoms with E-state index < -0.39 is 11.6 Å². The van der Waals surface area contributed by atoms with Crippen LogP contribution in [0.5, 0.6) is 0 Å². The first kappa shape index (κ1) is 23.5. The van der Waals surface area contributed by atoms with E-state index in [1.165, 1.54) is 6.26 Å². The van der Waals surface area contributed by atoms with E-state index in [0.29, 0.717) is 86.5 Å². The Morgan fingerprint density at radius 2 is 1.97 bits per heavy atom. The number of nitrogens with zero attached hydrogens (tertiary/aromatic N) is 5. The molecule has 3 aliphatic heterocycles. The molecule has 2 saturated heterocycles. The maximum Gasteiger partial charge on any atom is 0.300 e. The molecule has 0 saturated carbocycles. The van der Waals surface area contributed by atoms with Crippen LogP contribution in [0.25, 0.3) is 11.2 Å². The molecule has 0 radical (unpaired) electrons. The molecule has 6 rings (SSSR count). The summed E-state index contributed by atoms with van der Waals surface area (Å²) < 4.78 is 17.3. The first-order valence-corrected chi connectivity index (χ1v) is 12.4. The van der Waals surface area contributed by atoms with E-state index in [2.05, 4.69) is 25.5 Å². The number of anilines is 3. The standard InChI is InChI=1S/C25H29N7O5/c1-16-14-17(2-5-26-16)25(27-6-11-36-25)23(34)28-19-15-20-21(29-22(19)31-7-3-18(33)4-8-31)30-24(37-20)32-9-12-35-13-10-32/h2,5-6,11,14-15,18,27,33H,3-4,7-10,12-13H2,1H3,(H,28,34). The zero-order valence-electron chi connectivity index (χ0n) is 20.5. The summed E-state index contributed by atoms with van der Waals surface area (Å²) in [5.74, 6) is 0.150. The molecule has 12 nitrogen and oxygen atoms in total. The van der Waals surface area contributed by atoms with Crippen LogP contribution in [0.4, 0.5) is 17.5 Å². The van der Waals surface area contributed by atoms with Crippen molar-refractivity contribution in [2.75, 3.05) is 54.5 Å². The van der Waals surface area contributed by atoms with Crippen LogP contribution >= 0.6 is 0 Å². The van der Waals surface area contributed by atoms with Gasteiger partial charge in [-0.25, -0.2) is 4.98 Å². The molecule has 3 aromatic heterocycles. The number of amides is 1. The van der Waals surface area contributed by atoms with Crippen molar-refractivity contribution >= 4 is 34.7 Å². The van der Waals surface area contributed by atoms with Gasteiger partial charge in [-0.1, -0.05) is 0 Å². The predicted octanol–water partition coefficient (Wildman–Crippen LogP) is 1.61. The Kier molecular flexibility index (Phi) is 6.05. The number of hydrogen-bond acceptors (Lipinski definition) is 11. The third kappa shape index (κ3) is 4.42. The van der Waals surface area contributed by atoms with E-state index in [-0.39, 0.29) is 6.10 Å². The second-order valence-electron chi connectivity index (χ2n) is 9.38. The van der Waals surface area contributed by atoms with Gasteiger partial charge in [0.25, 0.3) is 17.6 Å². The Morgan fingerprint density at radius 1 is 1.16 bits per heavy atom. The smallest absolute Gasteiger partial charge is 0.300 e. The fourth-order valence-electron chi connectivity index (χ4n) is 4.84. The molecule has 37 heavy (non-hydrogen) atoms. The van der Waals surface area contributed by atoms with E-state index in [0.717, 1.165) is 5.69 Å². The summed E-state index contributed by atoms with van der Waals surface area (Å²) in [7, 11) is 0. The third-order valence-corrected chi connectivity index (χ3v) is 6.87. The van der Waals surface area contributed by atoms with E-state index in [1.54, 1.807) is 30.6 Å². The highest BCUT2D eigenvalue weighted by Crippen LogP contribution is 2.35. The summed E-state index contributed by atoms with van der Waals surface area (Å²) in [5, 5.41) is 16.1. The van der Waals surface area contributed by atoms with Gasteiger partial charge in [0.05, 0.1) is 25.0 Å². The maximum atomic E-state index is 13.8. The molecule has 3 N–H and O–H groups in total. The van der Waals surface area contributed by atoms with Crippen molar-refractivity contribution < 1.29 is 23.8 Å². The number of aromatic nitrogens is 3. The van der Waals surface area contributed by atoms with Crippen LogP contribution in [0.1, 0.15) is 24.1 Å². The monoisotopic (exact) mass is 507 g/mol. The number of nitrogens with one attached hydrogen (secondary N) is 2. The normalized spacial score (nSPS) is 22.2. The average molecular weight is 508 g/mol. The lowest BCUT2D eigenvalue weighted by Crippen LogP contribution is -2.49. The number of piperidine rings is 1. The average Bonchev–Trinajstić information content (AvgIpc) is 3.58. The molecular weight excluding hydrogens is 478 g/mol. The minimum absolute atomic E-state index is 0.349. The van der Waals surface area contributed by atoms with Gasteiger partial charge in [-0.05, 0) is 31.9 Å². The van der Waals surface area contributed by atoms with Crippen molar-refractivity contribution in [3.63, 3.8) is 0 Å². The first-order valence-electron chi connectivity index (χ1n) is 12.4. The van der Waals surface area contributed by atoms with Crippen LogP contribution in [0.15, 0.2) is 41.3 Å². The molecule has 3 aromatic rings. The molecule has 2 fully saturated rings. The summed E-state index contributed by atoms with van der Waals surface area (Å²) in [6, 6.07) is 5.78. The Labute approximate surface area is 213 Å². The van der Waals surface area contributed by atoms with E-state index >= 15 is 0 Å². The van der Waals surface area contributed by atoms with Crippen molar-refractivity contribution in [3.8, 4) is 0 Å². The van der Waals surface area contributed by atoms with Gasteiger partial charge in [0.15, 0.2) is 11.4 Å². The second-order valence-corrected chi connectivity index (χ2v) is 9.38. The summed E-state index contributed by atoms with van der Waals surface area (Å²) in [5.41, 5.74) is 1.31. The van der Waals surface area contributed by atoms with Gasteiger partial charge in [-0.15, -0.1) is 0 Å². The number of carbonyl (C=O) groups excluding carboxylic acids is 1. The number of oxazole rings is 1. The Balaban J connectivity index is 1.37. The van der Waals surface area contributed by atoms with Gasteiger partial charge in [0, 0.05) is 55.9 Å². The molecule has 0 aromatic carbocycles. The Hall–Kier alpha value is -3.90. The number of aliphatic hydroxyl groups is 1. The number of fused-ring (bicyclic) bond motifs is 1. The van der Waals surface area contributed by atoms with Crippen LogP contribution in [-0.4, -0.2) is 71.5 Å². The minimum Gasteiger partial charge on any atom is -0.461 e. The van der Waals surface area contributed by atoms with Gasteiger partial charge in [-0.3, -0.25) is 9.78 Å². The number of hydrogen-bond donors (Lipinski definition) is 3. The number of morpholine rings is 1. The SMILES string of the molecule is Cc1cc(C2(C(=O)Nc3cc4oc(N5CCOCC5)nc4nc3N3CCC(O)CC3)NC=CO2)ccn1. The lowest BCUT2D eigenvalue weighted by atomic mass is 10.0. The highest BCUT2D eigenvalue weighted by Gasteiger charge is 2.44. The van der Waals surface area contributed by atoms with Crippen molar-refractivity contribution in [3.05, 3.63) is 48.1 Å². The van der Waals surface area contributed by atoms with Crippen LogP contribution in [0, 0.1) is 6.92 Å².